The third-order valence-electron chi connectivity index (χ3n) is 2.02. The lowest BCUT2D eigenvalue weighted by Crippen LogP contribution is -2.36. The van der Waals surface area contributed by atoms with Crippen LogP contribution >= 0.6 is 0 Å². The third kappa shape index (κ3) is 5.28. The summed E-state index contributed by atoms with van der Waals surface area (Å²) < 4.78 is 17.6. The molecule has 5 nitrogen and oxygen atoms in total. The van der Waals surface area contributed by atoms with E-state index in [0.717, 1.165) is 12.1 Å². The molecule has 0 unspecified atom stereocenters. The Kier molecular flexibility index (Phi) is 5.98. The van der Waals surface area contributed by atoms with E-state index in [1.165, 1.54) is 12.1 Å². The Morgan fingerprint density at radius 2 is 2.12 bits per heavy atom. The highest BCUT2D eigenvalue weighted by Crippen LogP contribution is 2.07. The summed E-state index contributed by atoms with van der Waals surface area (Å²) in [7, 11) is 1.64. The van der Waals surface area contributed by atoms with Gasteiger partial charge in [-0.15, -0.1) is 0 Å². The number of hydrogen-bond donors (Lipinski definition) is 3. The van der Waals surface area contributed by atoms with Gasteiger partial charge in [0.2, 0.25) is 5.96 Å². The van der Waals surface area contributed by atoms with Gasteiger partial charge in [0.05, 0.1) is 0 Å². The molecule has 0 heterocycles. The van der Waals surface area contributed by atoms with Crippen LogP contribution in [-0.2, 0) is 4.74 Å². The Balaban J connectivity index is 2.48. The molecule has 0 aliphatic rings. The number of rotatable bonds is 5. The van der Waals surface area contributed by atoms with Crippen molar-refractivity contribution in [2.24, 2.45) is 10.8 Å². The maximum absolute atomic E-state index is 12.7. The summed E-state index contributed by atoms with van der Waals surface area (Å²) in [5.41, 5.74) is 3.16. The van der Waals surface area contributed by atoms with Crippen LogP contribution in [0.2, 0.25) is 0 Å². The Hall–Kier alpha value is -1.66. The highest BCUT2D eigenvalue weighted by molar-refractivity contribution is 5.93. The first-order valence-corrected chi connectivity index (χ1v) is 5.29. The first-order chi connectivity index (χ1) is 8.26. The maximum atomic E-state index is 12.7. The topological polar surface area (TPSA) is 71.7 Å². The number of guanidine groups is 1. The Labute approximate surface area is 99.8 Å². The summed E-state index contributed by atoms with van der Waals surface area (Å²) in [6.07, 6.45) is 0.812. The Morgan fingerprint density at radius 1 is 1.41 bits per heavy atom. The summed E-state index contributed by atoms with van der Waals surface area (Å²) in [4.78, 5) is 4.19. The number of hydrazine groups is 1. The normalized spacial score (nSPS) is 11.4. The first kappa shape index (κ1) is 13.4. The molecule has 17 heavy (non-hydrogen) atoms. The van der Waals surface area contributed by atoms with E-state index in [1.54, 1.807) is 19.2 Å². The van der Waals surface area contributed by atoms with E-state index in [9.17, 15) is 4.39 Å². The molecule has 0 atom stereocenters. The van der Waals surface area contributed by atoms with Crippen molar-refractivity contribution < 1.29 is 9.13 Å². The molecule has 0 aromatic heterocycles. The second-order valence-corrected chi connectivity index (χ2v) is 3.35. The number of nitrogens with two attached hydrogens (primary N) is 1. The van der Waals surface area contributed by atoms with Gasteiger partial charge in [0.1, 0.15) is 5.82 Å². The van der Waals surface area contributed by atoms with Gasteiger partial charge in [0, 0.05) is 25.9 Å². The van der Waals surface area contributed by atoms with Crippen LogP contribution < -0.4 is 16.6 Å². The lowest BCUT2D eigenvalue weighted by Gasteiger charge is -2.08. The molecule has 94 valence electrons. The van der Waals surface area contributed by atoms with Gasteiger partial charge in [-0.3, -0.25) is 10.4 Å². The molecule has 0 bridgehead atoms. The number of ether oxygens (including phenoxy) is 1. The zero-order valence-electron chi connectivity index (χ0n) is 9.74. The fourth-order valence-corrected chi connectivity index (χ4v) is 1.19. The zero-order valence-corrected chi connectivity index (χ0v) is 9.74. The molecule has 1 aromatic rings. The number of hydrogen-bond acceptors (Lipinski definition) is 3. The van der Waals surface area contributed by atoms with E-state index in [2.05, 4.69) is 15.7 Å². The van der Waals surface area contributed by atoms with Crippen molar-refractivity contribution in [2.75, 3.05) is 25.6 Å². The average Bonchev–Trinajstić information content (AvgIpc) is 2.35. The fraction of sp³-hybridized carbons (Fsp3) is 0.364. The van der Waals surface area contributed by atoms with Gasteiger partial charge in [0.15, 0.2) is 0 Å². The van der Waals surface area contributed by atoms with Crippen LogP contribution in [0.4, 0.5) is 10.1 Å². The molecule has 0 fully saturated rings. The second kappa shape index (κ2) is 7.59. The van der Waals surface area contributed by atoms with Crippen molar-refractivity contribution in [2.45, 2.75) is 6.42 Å². The number of benzene rings is 1. The summed E-state index contributed by atoms with van der Waals surface area (Å²) >= 11 is 0. The van der Waals surface area contributed by atoms with Gasteiger partial charge >= 0.3 is 0 Å². The van der Waals surface area contributed by atoms with Crippen molar-refractivity contribution in [3.63, 3.8) is 0 Å². The number of nitrogens with one attached hydrogen (secondary N) is 2. The summed E-state index contributed by atoms with van der Waals surface area (Å²) in [6.45, 7) is 1.25. The molecule has 0 aliphatic heterocycles. The number of anilines is 1. The van der Waals surface area contributed by atoms with Gasteiger partial charge in [-0.1, -0.05) is 0 Å². The van der Waals surface area contributed by atoms with E-state index >= 15 is 0 Å². The van der Waals surface area contributed by atoms with E-state index in [0.29, 0.717) is 19.1 Å². The molecule has 0 radical (unpaired) electrons. The van der Waals surface area contributed by atoms with Crippen LogP contribution in [0.15, 0.2) is 29.3 Å². The largest absolute Gasteiger partial charge is 0.385 e. The molecule has 4 N–H and O–H groups in total. The minimum Gasteiger partial charge on any atom is -0.385 e. The first-order valence-electron chi connectivity index (χ1n) is 5.29. The van der Waals surface area contributed by atoms with E-state index in [1.807, 2.05) is 0 Å². The molecular weight excluding hydrogens is 223 g/mol. The monoisotopic (exact) mass is 240 g/mol. The molecule has 0 spiro atoms. The quantitative estimate of drug-likeness (QED) is 0.237. The summed E-state index contributed by atoms with van der Waals surface area (Å²) in [5.74, 6) is 5.47. The number of methoxy groups -OCH3 is 1. The minimum atomic E-state index is -0.283. The zero-order chi connectivity index (χ0) is 12.5. The molecule has 1 rings (SSSR count). The molecule has 0 aliphatic carbocycles. The van der Waals surface area contributed by atoms with Crippen molar-refractivity contribution in [1.29, 1.82) is 0 Å². The number of aliphatic imine (C=N–C) groups is 1. The van der Waals surface area contributed by atoms with Crippen molar-refractivity contribution in [1.82, 2.24) is 5.43 Å². The maximum Gasteiger partial charge on any atom is 0.210 e. The molecule has 0 saturated heterocycles. The van der Waals surface area contributed by atoms with Crippen LogP contribution in [0.1, 0.15) is 6.42 Å². The van der Waals surface area contributed by atoms with E-state index in [4.69, 9.17) is 10.6 Å². The minimum absolute atomic E-state index is 0.283. The summed E-state index contributed by atoms with van der Waals surface area (Å²) in [5, 5.41) is 2.94. The van der Waals surface area contributed by atoms with Crippen molar-refractivity contribution in [3.05, 3.63) is 30.1 Å². The number of halogens is 1. The highest BCUT2D eigenvalue weighted by atomic mass is 19.1. The molecule has 0 amide bonds. The predicted molar refractivity (Wildman–Crippen MR) is 66.1 cm³/mol. The molecule has 1 aromatic carbocycles. The van der Waals surface area contributed by atoms with E-state index < -0.39 is 0 Å². The van der Waals surface area contributed by atoms with Gasteiger partial charge in [0.25, 0.3) is 0 Å². The smallest absolute Gasteiger partial charge is 0.210 e. The molecule has 6 heteroatoms. The summed E-state index contributed by atoms with van der Waals surface area (Å²) in [6, 6.07) is 5.94. The lowest BCUT2D eigenvalue weighted by atomic mass is 10.3. The van der Waals surface area contributed by atoms with Gasteiger partial charge in [-0.25, -0.2) is 10.2 Å². The van der Waals surface area contributed by atoms with Gasteiger partial charge in [-0.2, -0.15) is 0 Å². The van der Waals surface area contributed by atoms with Gasteiger partial charge in [-0.05, 0) is 30.7 Å². The van der Waals surface area contributed by atoms with Gasteiger partial charge < -0.3 is 10.1 Å². The Morgan fingerprint density at radius 3 is 2.71 bits per heavy atom. The lowest BCUT2D eigenvalue weighted by molar-refractivity contribution is 0.197. The second-order valence-electron chi connectivity index (χ2n) is 3.35. The fourth-order valence-electron chi connectivity index (χ4n) is 1.19. The van der Waals surface area contributed by atoms with E-state index in [-0.39, 0.29) is 5.82 Å². The average molecular weight is 240 g/mol. The Bertz CT molecular complexity index is 353. The SMILES string of the molecule is COCCCN=C(NN)Nc1ccc(F)cc1. The van der Waals surface area contributed by atoms with Crippen LogP contribution in [0.5, 0.6) is 0 Å². The van der Waals surface area contributed by atoms with Crippen molar-refractivity contribution in [3.8, 4) is 0 Å². The molecular formula is C11H17FN4O. The van der Waals surface area contributed by atoms with Crippen LogP contribution in [0.3, 0.4) is 0 Å². The highest BCUT2D eigenvalue weighted by Gasteiger charge is 1.97. The molecule has 0 saturated carbocycles. The number of nitrogens with zero attached hydrogens (tertiary/aromatic N) is 1. The van der Waals surface area contributed by atoms with Crippen LogP contribution in [-0.4, -0.2) is 26.2 Å². The van der Waals surface area contributed by atoms with Crippen LogP contribution in [0, 0.1) is 5.82 Å². The predicted octanol–water partition coefficient (Wildman–Crippen LogP) is 1.09. The van der Waals surface area contributed by atoms with Crippen molar-refractivity contribution >= 4 is 11.6 Å². The third-order valence-corrected chi connectivity index (χ3v) is 2.02. The van der Waals surface area contributed by atoms with Crippen LogP contribution in [0.25, 0.3) is 0 Å². The standard InChI is InChI=1S/C11H17FN4O/c1-17-8-2-7-14-11(16-13)15-10-5-3-9(12)4-6-10/h3-6H,2,7-8,13H2,1H3,(H2,14,15,16).